The molecule has 0 radical (unpaired) electrons. The summed E-state index contributed by atoms with van der Waals surface area (Å²) in [6.07, 6.45) is 7.06. The maximum Gasteiger partial charge on any atom is 0.191 e. The Morgan fingerprint density at radius 1 is 1.31 bits per heavy atom. The summed E-state index contributed by atoms with van der Waals surface area (Å²) in [4.78, 5) is 4.24. The van der Waals surface area contributed by atoms with Crippen LogP contribution in [0.5, 0.6) is 0 Å². The highest BCUT2D eigenvalue weighted by Gasteiger charge is 2.13. The van der Waals surface area contributed by atoms with Crippen LogP contribution >= 0.6 is 24.0 Å². The molecule has 146 valence electrons. The van der Waals surface area contributed by atoms with Gasteiger partial charge in [-0.05, 0) is 31.7 Å². The van der Waals surface area contributed by atoms with Crippen molar-refractivity contribution in [3.05, 3.63) is 35.5 Å². The minimum absolute atomic E-state index is 0. The van der Waals surface area contributed by atoms with E-state index in [1.165, 1.54) is 5.56 Å². The van der Waals surface area contributed by atoms with Gasteiger partial charge < -0.3 is 15.2 Å². The normalized spacial score (nSPS) is 11.5. The number of halogens is 1. The largest absolute Gasteiger partial charge is 0.359 e. The summed E-state index contributed by atoms with van der Waals surface area (Å²) < 4.78 is 7.38. The van der Waals surface area contributed by atoms with Gasteiger partial charge in [0.15, 0.2) is 11.7 Å². The molecular formula is C18H31IN6O. The summed E-state index contributed by atoms with van der Waals surface area (Å²) in [7, 11) is 1.77. The molecule has 0 atom stereocenters. The summed E-state index contributed by atoms with van der Waals surface area (Å²) >= 11 is 0. The molecule has 2 rings (SSSR count). The van der Waals surface area contributed by atoms with Gasteiger partial charge in [0.2, 0.25) is 0 Å². The highest BCUT2D eigenvalue weighted by atomic mass is 127. The number of aromatic nitrogens is 3. The van der Waals surface area contributed by atoms with Gasteiger partial charge in [-0.25, -0.2) is 0 Å². The van der Waals surface area contributed by atoms with Crippen LogP contribution in [0.4, 0.5) is 0 Å². The number of aryl methyl sites for hydroxylation is 2. The molecule has 0 fully saturated rings. The van der Waals surface area contributed by atoms with Crippen molar-refractivity contribution in [2.45, 2.75) is 59.0 Å². The van der Waals surface area contributed by atoms with Gasteiger partial charge in [-0.3, -0.25) is 9.67 Å². The van der Waals surface area contributed by atoms with E-state index in [2.05, 4.69) is 45.9 Å². The van der Waals surface area contributed by atoms with Gasteiger partial charge >= 0.3 is 0 Å². The van der Waals surface area contributed by atoms with Gasteiger partial charge in [0.1, 0.15) is 0 Å². The number of nitrogens with zero attached hydrogens (tertiary/aromatic N) is 4. The second kappa shape index (κ2) is 11.9. The van der Waals surface area contributed by atoms with E-state index >= 15 is 0 Å². The van der Waals surface area contributed by atoms with Crippen molar-refractivity contribution >= 4 is 29.9 Å². The fourth-order valence-electron chi connectivity index (χ4n) is 2.74. The molecule has 0 bridgehead atoms. The highest BCUT2D eigenvalue weighted by molar-refractivity contribution is 14.0. The lowest BCUT2D eigenvalue weighted by molar-refractivity contribution is 0.368. The molecule has 0 aliphatic rings. The first-order valence-corrected chi connectivity index (χ1v) is 9.05. The average Bonchev–Trinajstić information content (AvgIpc) is 3.25. The first-order chi connectivity index (χ1) is 12.2. The van der Waals surface area contributed by atoms with Gasteiger partial charge in [-0.2, -0.15) is 5.10 Å². The molecule has 0 unspecified atom stereocenters. The molecule has 7 nitrogen and oxygen atoms in total. The third-order valence-electron chi connectivity index (χ3n) is 4.25. The van der Waals surface area contributed by atoms with E-state index in [4.69, 9.17) is 4.52 Å². The Kier molecular flexibility index (Phi) is 10.3. The lowest BCUT2D eigenvalue weighted by Crippen LogP contribution is -2.37. The molecule has 0 spiro atoms. The topological polar surface area (TPSA) is 80.3 Å². The van der Waals surface area contributed by atoms with Gasteiger partial charge in [0.25, 0.3) is 0 Å². The van der Waals surface area contributed by atoms with Crippen molar-refractivity contribution in [3.8, 4) is 0 Å². The zero-order chi connectivity index (χ0) is 18.1. The third kappa shape index (κ3) is 6.97. The predicted octanol–water partition coefficient (Wildman–Crippen LogP) is 3.46. The Labute approximate surface area is 173 Å². The first-order valence-electron chi connectivity index (χ1n) is 9.05. The van der Waals surface area contributed by atoms with E-state index in [1.807, 2.05) is 23.9 Å². The lowest BCUT2D eigenvalue weighted by Gasteiger charge is -2.10. The number of aliphatic imine (C=N–C) groups is 1. The predicted molar refractivity (Wildman–Crippen MR) is 115 cm³/mol. The zero-order valence-electron chi connectivity index (χ0n) is 16.2. The van der Waals surface area contributed by atoms with Crippen LogP contribution in [0.15, 0.2) is 28.0 Å². The Bertz CT molecular complexity index is 662. The van der Waals surface area contributed by atoms with Gasteiger partial charge in [-0.15, -0.1) is 24.0 Å². The summed E-state index contributed by atoms with van der Waals surface area (Å²) in [5.74, 6) is 2.06. The van der Waals surface area contributed by atoms with Gasteiger partial charge in [0, 0.05) is 38.3 Å². The maximum atomic E-state index is 5.42. The number of hydrogen-bond donors (Lipinski definition) is 2. The van der Waals surface area contributed by atoms with Crippen molar-refractivity contribution in [1.29, 1.82) is 0 Å². The van der Waals surface area contributed by atoms with Crippen LogP contribution in [0.3, 0.4) is 0 Å². The van der Waals surface area contributed by atoms with Crippen LogP contribution in [0.2, 0.25) is 0 Å². The summed E-state index contributed by atoms with van der Waals surface area (Å²) in [6, 6.07) is 2.04. The van der Waals surface area contributed by atoms with Crippen LogP contribution in [0.1, 0.15) is 56.0 Å². The molecule has 0 saturated heterocycles. The maximum absolute atomic E-state index is 5.42. The van der Waals surface area contributed by atoms with Crippen molar-refractivity contribution in [2.75, 3.05) is 13.6 Å². The van der Waals surface area contributed by atoms with Gasteiger partial charge in [-0.1, -0.05) is 19.0 Å². The Balaban J connectivity index is 0.00000338. The van der Waals surface area contributed by atoms with Crippen molar-refractivity contribution in [3.63, 3.8) is 0 Å². The van der Waals surface area contributed by atoms with Crippen LogP contribution < -0.4 is 10.6 Å². The molecule has 8 heteroatoms. The fraction of sp³-hybridized carbons (Fsp3) is 0.611. The standard InChI is InChI=1S/C18H30N6O.HI/c1-5-15(6-2)17-10-16(25-23-17)12-21-18(19-4)20-8-7-9-24-13-14(3)11-22-24;/h10-11,13,15H,5-9,12H2,1-4H3,(H2,19,20,21);1H. The van der Waals surface area contributed by atoms with Crippen molar-refractivity contribution in [2.24, 2.45) is 4.99 Å². The molecule has 2 N–H and O–H groups in total. The smallest absolute Gasteiger partial charge is 0.191 e. The SMILES string of the molecule is CCC(CC)c1cc(CNC(=NC)NCCCn2cc(C)cn2)on1.I. The molecule has 0 aliphatic carbocycles. The average molecular weight is 474 g/mol. The molecule has 0 aliphatic heterocycles. The second-order valence-electron chi connectivity index (χ2n) is 6.22. The second-order valence-corrected chi connectivity index (χ2v) is 6.22. The molecule has 2 heterocycles. The lowest BCUT2D eigenvalue weighted by atomic mass is 9.99. The summed E-state index contributed by atoms with van der Waals surface area (Å²) in [5.41, 5.74) is 2.23. The van der Waals surface area contributed by atoms with E-state index in [0.717, 1.165) is 49.8 Å². The van der Waals surface area contributed by atoms with E-state index in [9.17, 15) is 0 Å². The first kappa shape index (κ1) is 22.5. The van der Waals surface area contributed by atoms with E-state index in [-0.39, 0.29) is 24.0 Å². The molecule has 0 aromatic carbocycles. The number of rotatable bonds is 9. The summed E-state index contributed by atoms with van der Waals surface area (Å²) in [5, 5.41) is 15.0. The molecule has 2 aromatic rings. The van der Waals surface area contributed by atoms with Crippen LogP contribution in [-0.2, 0) is 13.1 Å². The monoisotopic (exact) mass is 474 g/mol. The fourth-order valence-corrected chi connectivity index (χ4v) is 2.74. The Morgan fingerprint density at radius 2 is 2.08 bits per heavy atom. The molecule has 26 heavy (non-hydrogen) atoms. The number of guanidine groups is 1. The minimum Gasteiger partial charge on any atom is -0.359 e. The molecule has 0 saturated carbocycles. The Morgan fingerprint density at radius 3 is 2.69 bits per heavy atom. The zero-order valence-corrected chi connectivity index (χ0v) is 18.5. The quantitative estimate of drug-likeness (QED) is 0.252. The number of nitrogens with one attached hydrogen (secondary N) is 2. The summed E-state index contributed by atoms with van der Waals surface area (Å²) in [6.45, 7) is 8.69. The van der Waals surface area contributed by atoms with Crippen LogP contribution in [-0.4, -0.2) is 34.5 Å². The van der Waals surface area contributed by atoms with E-state index in [0.29, 0.717) is 12.5 Å². The highest BCUT2D eigenvalue weighted by Crippen LogP contribution is 2.22. The van der Waals surface area contributed by atoms with Gasteiger partial charge in [0.05, 0.1) is 18.4 Å². The minimum atomic E-state index is 0. The van der Waals surface area contributed by atoms with Crippen LogP contribution in [0.25, 0.3) is 0 Å². The Hall–Kier alpha value is -1.58. The van der Waals surface area contributed by atoms with Crippen molar-refractivity contribution in [1.82, 2.24) is 25.6 Å². The van der Waals surface area contributed by atoms with Crippen molar-refractivity contribution < 1.29 is 4.52 Å². The molecule has 2 aromatic heterocycles. The van der Waals surface area contributed by atoms with E-state index in [1.54, 1.807) is 7.05 Å². The third-order valence-corrected chi connectivity index (χ3v) is 4.25. The van der Waals surface area contributed by atoms with Crippen LogP contribution in [0, 0.1) is 6.92 Å². The molecular weight excluding hydrogens is 443 g/mol. The number of hydrogen-bond acceptors (Lipinski definition) is 4. The molecule has 0 amide bonds. The van der Waals surface area contributed by atoms with E-state index < -0.39 is 0 Å².